The number of rotatable bonds is 5. The van der Waals surface area contributed by atoms with E-state index in [0.717, 1.165) is 24.9 Å². The van der Waals surface area contributed by atoms with Crippen molar-refractivity contribution in [2.75, 3.05) is 27.2 Å². The summed E-state index contributed by atoms with van der Waals surface area (Å²) in [4.78, 5) is 14.5. The van der Waals surface area contributed by atoms with Gasteiger partial charge in [-0.15, -0.1) is 0 Å². The van der Waals surface area contributed by atoms with Gasteiger partial charge in [-0.2, -0.15) is 0 Å². The maximum atomic E-state index is 12.3. The van der Waals surface area contributed by atoms with E-state index >= 15 is 0 Å². The zero-order valence-corrected chi connectivity index (χ0v) is 13.8. The Labute approximate surface area is 128 Å². The van der Waals surface area contributed by atoms with Gasteiger partial charge in [0.25, 0.3) is 5.91 Å². The Morgan fingerprint density at radius 1 is 1.19 bits per heavy atom. The summed E-state index contributed by atoms with van der Waals surface area (Å²) >= 11 is 0. The molecule has 0 unspecified atom stereocenters. The fraction of sp³-hybridized carbons (Fsp3) is 0.611. The third-order valence-corrected chi connectivity index (χ3v) is 4.08. The summed E-state index contributed by atoms with van der Waals surface area (Å²) in [6.45, 7) is 6.01. The lowest BCUT2D eigenvalue weighted by Crippen LogP contribution is -2.40. The predicted octanol–water partition coefficient (Wildman–Crippen LogP) is 2.88. The third-order valence-electron chi connectivity index (χ3n) is 4.08. The number of aryl methyl sites for hydroxylation is 2. The molecule has 2 rings (SSSR count). The number of benzene rings is 1. The standard InChI is InChI=1S/C18H28N2O/c1-18(2,13-20(3)4)12-19-17(21)16-10-9-14-7-5-6-8-15(14)11-16/h9-11H,5-8,12-13H2,1-4H3,(H,19,21). The van der Waals surface area contributed by atoms with Crippen LogP contribution in [0.3, 0.4) is 0 Å². The van der Waals surface area contributed by atoms with Crippen LogP contribution in [0.5, 0.6) is 0 Å². The molecule has 3 nitrogen and oxygen atoms in total. The van der Waals surface area contributed by atoms with Crippen molar-refractivity contribution in [2.24, 2.45) is 5.41 Å². The Morgan fingerprint density at radius 3 is 2.52 bits per heavy atom. The lowest BCUT2D eigenvalue weighted by atomic mass is 9.90. The summed E-state index contributed by atoms with van der Waals surface area (Å²) in [7, 11) is 4.13. The molecule has 1 aromatic rings. The minimum Gasteiger partial charge on any atom is -0.351 e. The number of nitrogens with one attached hydrogen (secondary N) is 1. The molecule has 21 heavy (non-hydrogen) atoms. The average Bonchev–Trinajstić information content (AvgIpc) is 2.43. The van der Waals surface area contributed by atoms with Crippen LogP contribution in [0, 0.1) is 5.41 Å². The first-order valence-electron chi connectivity index (χ1n) is 7.92. The Kier molecular flexibility index (Phi) is 5.04. The zero-order valence-electron chi connectivity index (χ0n) is 13.8. The number of hydrogen-bond donors (Lipinski definition) is 1. The second-order valence-corrected chi connectivity index (χ2v) is 7.28. The van der Waals surface area contributed by atoms with Gasteiger partial charge < -0.3 is 10.2 Å². The van der Waals surface area contributed by atoms with Gasteiger partial charge in [0.1, 0.15) is 0 Å². The molecule has 1 aromatic carbocycles. The molecule has 1 N–H and O–H groups in total. The Hall–Kier alpha value is -1.35. The molecular formula is C18H28N2O. The number of hydrogen-bond acceptors (Lipinski definition) is 2. The van der Waals surface area contributed by atoms with Crippen LogP contribution in [0.1, 0.15) is 48.2 Å². The van der Waals surface area contributed by atoms with E-state index in [4.69, 9.17) is 0 Å². The van der Waals surface area contributed by atoms with Crippen molar-refractivity contribution >= 4 is 5.91 Å². The number of amides is 1. The molecule has 0 saturated carbocycles. The van der Waals surface area contributed by atoms with Crippen LogP contribution in [0.2, 0.25) is 0 Å². The molecule has 0 bridgehead atoms. The van der Waals surface area contributed by atoms with Gasteiger partial charge in [0.05, 0.1) is 0 Å². The van der Waals surface area contributed by atoms with Gasteiger partial charge in [0, 0.05) is 18.7 Å². The van der Waals surface area contributed by atoms with Crippen molar-refractivity contribution in [1.29, 1.82) is 0 Å². The first-order valence-corrected chi connectivity index (χ1v) is 7.92. The fourth-order valence-corrected chi connectivity index (χ4v) is 3.21. The lowest BCUT2D eigenvalue weighted by molar-refractivity contribution is 0.0929. The summed E-state index contributed by atoms with van der Waals surface area (Å²) in [6, 6.07) is 6.19. The molecule has 1 aliphatic carbocycles. The van der Waals surface area contributed by atoms with E-state index in [1.165, 1.54) is 24.0 Å². The maximum Gasteiger partial charge on any atom is 0.251 e. The Balaban J connectivity index is 1.97. The topological polar surface area (TPSA) is 32.3 Å². The zero-order chi connectivity index (χ0) is 15.5. The largest absolute Gasteiger partial charge is 0.351 e. The maximum absolute atomic E-state index is 12.3. The van der Waals surface area contributed by atoms with Crippen LogP contribution in [0.15, 0.2) is 18.2 Å². The molecule has 0 aliphatic heterocycles. The molecule has 3 heteroatoms. The van der Waals surface area contributed by atoms with E-state index in [0.29, 0.717) is 6.54 Å². The van der Waals surface area contributed by atoms with Crippen molar-refractivity contribution in [2.45, 2.75) is 39.5 Å². The number of carbonyl (C=O) groups is 1. The van der Waals surface area contributed by atoms with Gasteiger partial charge in [-0.25, -0.2) is 0 Å². The molecule has 0 atom stereocenters. The molecule has 1 aliphatic rings. The van der Waals surface area contributed by atoms with Crippen molar-refractivity contribution in [1.82, 2.24) is 10.2 Å². The van der Waals surface area contributed by atoms with E-state index in [1.54, 1.807) is 0 Å². The molecule has 0 aromatic heterocycles. The van der Waals surface area contributed by atoms with E-state index in [1.807, 2.05) is 6.07 Å². The second-order valence-electron chi connectivity index (χ2n) is 7.28. The fourth-order valence-electron chi connectivity index (χ4n) is 3.21. The summed E-state index contributed by atoms with van der Waals surface area (Å²) in [5, 5.41) is 3.09. The Morgan fingerprint density at radius 2 is 1.86 bits per heavy atom. The highest BCUT2D eigenvalue weighted by molar-refractivity contribution is 5.94. The van der Waals surface area contributed by atoms with E-state index < -0.39 is 0 Å². The van der Waals surface area contributed by atoms with Crippen LogP contribution in [0.25, 0.3) is 0 Å². The molecular weight excluding hydrogens is 260 g/mol. The highest BCUT2D eigenvalue weighted by atomic mass is 16.1. The van der Waals surface area contributed by atoms with Gasteiger partial charge in [-0.1, -0.05) is 19.9 Å². The second kappa shape index (κ2) is 6.61. The van der Waals surface area contributed by atoms with E-state index in [2.05, 4.69) is 50.3 Å². The number of carbonyl (C=O) groups excluding carboxylic acids is 1. The summed E-state index contributed by atoms with van der Waals surface area (Å²) in [5.74, 6) is 0.0511. The highest BCUT2D eigenvalue weighted by Crippen LogP contribution is 2.22. The first kappa shape index (κ1) is 16.0. The van der Waals surface area contributed by atoms with Gasteiger partial charge in [-0.3, -0.25) is 4.79 Å². The van der Waals surface area contributed by atoms with Crippen LogP contribution < -0.4 is 5.32 Å². The minimum absolute atomic E-state index is 0.0511. The van der Waals surface area contributed by atoms with Gasteiger partial charge >= 0.3 is 0 Å². The monoisotopic (exact) mass is 288 g/mol. The normalized spacial score (nSPS) is 14.9. The minimum atomic E-state index is 0.0511. The first-order chi connectivity index (χ1) is 9.87. The summed E-state index contributed by atoms with van der Waals surface area (Å²) < 4.78 is 0. The SMILES string of the molecule is CN(C)CC(C)(C)CNC(=O)c1ccc2c(c1)CCCC2. The lowest BCUT2D eigenvalue weighted by Gasteiger charge is -2.28. The number of fused-ring (bicyclic) bond motifs is 1. The highest BCUT2D eigenvalue weighted by Gasteiger charge is 2.20. The van der Waals surface area contributed by atoms with E-state index in [9.17, 15) is 4.79 Å². The molecule has 0 spiro atoms. The molecule has 0 fully saturated rings. The molecule has 0 saturated heterocycles. The van der Waals surface area contributed by atoms with Crippen molar-refractivity contribution in [3.63, 3.8) is 0 Å². The van der Waals surface area contributed by atoms with Gasteiger partial charge in [-0.05, 0) is 68.5 Å². The molecule has 1 amide bonds. The molecule has 0 heterocycles. The Bertz CT molecular complexity index is 506. The van der Waals surface area contributed by atoms with E-state index in [-0.39, 0.29) is 11.3 Å². The quantitative estimate of drug-likeness (QED) is 0.903. The average molecular weight is 288 g/mol. The summed E-state index contributed by atoms with van der Waals surface area (Å²) in [5.41, 5.74) is 3.66. The smallest absolute Gasteiger partial charge is 0.251 e. The van der Waals surface area contributed by atoms with Crippen molar-refractivity contribution in [3.05, 3.63) is 34.9 Å². The van der Waals surface area contributed by atoms with Crippen LogP contribution in [0.4, 0.5) is 0 Å². The molecule has 0 radical (unpaired) electrons. The summed E-state index contributed by atoms with van der Waals surface area (Å²) in [6.07, 6.45) is 4.79. The molecule has 116 valence electrons. The van der Waals surface area contributed by atoms with Crippen LogP contribution in [-0.4, -0.2) is 38.0 Å². The van der Waals surface area contributed by atoms with Crippen molar-refractivity contribution < 1.29 is 4.79 Å². The predicted molar refractivity (Wildman–Crippen MR) is 87.8 cm³/mol. The van der Waals surface area contributed by atoms with Gasteiger partial charge in [0.15, 0.2) is 0 Å². The van der Waals surface area contributed by atoms with Gasteiger partial charge in [0.2, 0.25) is 0 Å². The number of nitrogens with zero attached hydrogens (tertiary/aromatic N) is 1. The van der Waals surface area contributed by atoms with Crippen molar-refractivity contribution in [3.8, 4) is 0 Å². The van der Waals surface area contributed by atoms with Crippen LogP contribution in [-0.2, 0) is 12.8 Å². The van der Waals surface area contributed by atoms with Crippen LogP contribution >= 0.6 is 0 Å². The third kappa shape index (κ3) is 4.57.